The molecule has 0 aliphatic rings. The number of hydrogen-bond acceptors (Lipinski definition) is 4. The van der Waals surface area contributed by atoms with Crippen LogP contribution in [0.1, 0.15) is 0 Å². The van der Waals surface area contributed by atoms with E-state index in [0.717, 1.165) is 0 Å². The van der Waals surface area contributed by atoms with Gasteiger partial charge in [0.15, 0.2) is 6.39 Å². The number of nitrogens with zero attached hydrogens (tertiary/aromatic N) is 1. The Kier molecular flexibility index (Phi) is 27.2. The van der Waals surface area contributed by atoms with Crippen molar-refractivity contribution >= 4 is 45.4 Å². The molecule has 0 amide bonds. The molecule has 0 aromatic carbocycles. The van der Waals surface area contributed by atoms with Crippen LogP contribution in [-0.2, 0) is 0 Å². The minimum atomic E-state index is -0.500. The summed E-state index contributed by atoms with van der Waals surface area (Å²) in [6, 6.07) is 0. The van der Waals surface area contributed by atoms with E-state index >= 15 is 0 Å². The van der Waals surface area contributed by atoms with Crippen molar-refractivity contribution in [1.82, 2.24) is 4.98 Å². The number of aromatic nitrogens is 1. The second kappa shape index (κ2) is 16.2. The predicted molar refractivity (Wildman–Crippen MR) is 31.6 cm³/mol. The molecule has 51 valence electrons. The first kappa shape index (κ1) is 16.8. The van der Waals surface area contributed by atoms with Crippen molar-refractivity contribution in [1.29, 1.82) is 0 Å². The Hall–Kier alpha value is 0.415. The fourth-order valence-corrected chi connectivity index (χ4v) is 0.176. The van der Waals surface area contributed by atoms with Crippen LogP contribution >= 0.6 is 0 Å². The zero-order valence-corrected chi connectivity index (χ0v) is 7.40. The first-order valence-electron chi connectivity index (χ1n) is 1.79. The van der Waals surface area contributed by atoms with Gasteiger partial charge in [-0.3, -0.25) is 0 Å². The normalized spacial score (nSPS) is 5.40. The molecule has 1 heterocycles. The van der Waals surface area contributed by atoms with E-state index in [1.807, 2.05) is 0 Å². The SMILES string of the molecule is O.[Ca+2].[O-][B][O-].c1cocn1. The van der Waals surface area contributed by atoms with Crippen molar-refractivity contribution < 1.29 is 19.9 Å². The molecule has 0 spiro atoms. The topological polar surface area (TPSA) is 104 Å². The molecular weight excluding hydrogens is 165 g/mol. The van der Waals surface area contributed by atoms with E-state index in [2.05, 4.69) is 9.40 Å². The van der Waals surface area contributed by atoms with Crippen molar-refractivity contribution in [2.75, 3.05) is 0 Å². The molecule has 0 fully saturated rings. The molecule has 0 atom stereocenters. The Labute approximate surface area is 88.7 Å². The van der Waals surface area contributed by atoms with Crippen LogP contribution in [0.4, 0.5) is 0 Å². The Morgan fingerprint density at radius 1 is 1.40 bits per heavy atom. The molecule has 0 aliphatic carbocycles. The van der Waals surface area contributed by atoms with Crippen LogP contribution in [0.25, 0.3) is 0 Å². The van der Waals surface area contributed by atoms with Gasteiger partial charge >= 0.3 is 37.7 Å². The van der Waals surface area contributed by atoms with Crippen LogP contribution < -0.4 is 10.0 Å². The smallest absolute Gasteiger partial charge is 0.900 e. The minimum absolute atomic E-state index is 0. The van der Waals surface area contributed by atoms with Crippen LogP contribution in [0.5, 0.6) is 0 Å². The van der Waals surface area contributed by atoms with Gasteiger partial charge in [0.2, 0.25) is 0 Å². The summed E-state index contributed by atoms with van der Waals surface area (Å²) in [5, 5.41) is 16.5. The molecule has 0 unspecified atom stereocenters. The van der Waals surface area contributed by atoms with E-state index in [1.54, 1.807) is 6.20 Å². The van der Waals surface area contributed by atoms with E-state index in [1.165, 1.54) is 12.7 Å². The maximum atomic E-state index is 8.25. The van der Waals surface area contributed by atoms with E-state index in [-0.39, 0.29) is 43.2 Å². The Morgan fingerprint density at radius 3 is 2.00 bits per heavy atom. The summed E-state index contributed by atoms with van der Waals surface area (Å²) < 4.78 is 4.47. The molecule has 1 radical (unpaired) electrons. The van der Waals surface area contributed by atoms with Gasteiger partial charge in [0, 0.05) is 0 Å². The third-order valence-electron chi connectivity index (χ3n) is 0.347. The molecular formula is C3H5BCaNO4. The van der Waals surface area contributed by atoms with Crippen molar-refractivity contribution in [3.05, 3.63) is 18.9 Å². The molecule has 2 N–H and O–H groups in total. The summed E-state index contributed by atoms with van der Waals surface area (Å²) in [5.41, 5.74) is 0. The van der Waals surface area contributed by atoms with Gasteiger partial charge < -0.3 is 19.9 Å². The summed E-state index contributed by atoms with van der Waals surface area (Å²) in [7, 11) is -0.500. The third kappa shape index (κ3) is 15.8. The van der Waals surface area contributed by atoms with Gasteiger partial charge in [-0.25, -0.2) is 12.7 Å². The van der Waals surface area contributed by atoms with E-state index in [4.69, 9.17) is 10.0 Å². The van der Waals surface area contributed by atoms with Crippen LogP contribution in [-0.4, -0.2) is 55.9 Å². The van der Waals surface area contributed by atoms with E-state index in [9.17, 15) is 0 Å². The number of rotatable bonds is 0. The predicted octanol–water partition coefficient (Wildman–Crippen LogP) is -3.29. The minimum Gasteiger partial charge on any atom is -0.900 e. The molecule has 1 aromatic heterocycles. The van der Waals surface area contributed by atoms with Gasteiger partial charge in [0.25, 0.3) is 0 Å². The quantitative estimate of drug-likeness (QED) is 0.380. The van der Waals surface area contributed by atoms with Gasteiger partial charge in [-0.05, 0) is 0 Å². The van der Waals surface area contributed by atoms with Crippen LogP contribution in [0.3, 0.4) is 0 Å². The molecule has 0 bridgehead atoms. The largest absolute Gasteiger partial charge is 2.00 e. The zero-order valence-electron chi connectivity index (χ0n) is 5.19. The monoisotopic (exact) mass is 170 g/mol. The molecule has 10 heavy (non-hydrogen) atoms. The van der Waals surface area contributed by atoms with Crippen molar-refractivity contribution in [2.45, 2.75) is 0 Å². The molecule has 1 rings (SSSR count). The first-order valence-corrected chi connectivity index (χ1v) is 1.79. The summed E-state index contributed by atoms with van der Waals surface area (Å²) in [6.07, 6.45) is 4.47. The standard InChI is InChI=1S/C3H3NO.BO2.Ca.H2O/c1-2-5-3-4-1;2-1-3;;/h1-3H;;;1H2/q;-2;+2;. The number of hydrogen-bond donors (Lipinski definition) is 0. The van der Waals surface area contributed by atoms with Gasteiger partial charge in [-0.1, -0.05) is 0 Å². The first-order chi connectivity index (χ1) is 3.91. The zero-order chi connectivity index (χ0) is 6.24. The van der Waals surface area contributed by atoms with Crippen LogP contribution in [0.15, 0.2) is 23.3 Å². The molecule has 1 aromatic rings. The Bertz CT molecular complexity index is 87.4. The Balaban J connectivity index is -0.0000000900. The number of oxazole rings is 1. The van der Waals surface area contributed by atoms with Crippen molar-refractivity contribution in [2.24, 2.45) is 0 Å². The second-order valence-corrected chi connectivity index (χ2v) is 0.772. The van der Waals surface area contributed by atoms with Gasteiger partial charge in [0.05, 0.1) is 6.20 Å². The third-order valence-corrected chi connectivity index (χ3v) is 0.347. The Morgan fingerprint density at radius 2 is 1.90 bits per heavy atom. The summed E-state index contributed by atoms with van der Waals surface area (Å²) in [4.78, 5) is 3.56. The van der Waals surface area contributed by atoms with E-state index < -0.39 is 7.69 Å². The molecule has 5 nitrogen and oxygen atoms in total. The van der Waals surface area contributed by atoms with Crippen molar-refractivity contribution in [3.8, 4) is 0 Å². The maximum Gasteiger partial charge on any atom is 2.00 e. The summed E-state index contributed by atoms with van der Waals surface area (Å²) in [6.45, 7) is 0. The van der Waals surface area contributed by atoms with Gasteiger partial charge in [-0.15, -0.1) is 0 Å². The fourth-order valence-electron chi connectivity index (χ4n) is 0.176. The molecule has 0 saturated carbocycles. The van der Waals surface area contributed by atoms with E-state index in [0.29, 0.717) is 0 Å². The maximum absolute atomic E-state index is 8.25. The molecule has 7 heteroatoms. The van der Waals surface area contributed by atoms with Gasteiger partial charge in [-0.2, -0.15) is 0 Å². The average molecular weight is 170 g/mol. The summed E-state index contributed by atoms with van der Waals surface area (Å²) >= 11 is 0. The van der Waals surface area contributed by atoms with Crippen LogP contribution in [0.2, 0.25) is 0 Å². The molecule has 0 saturated heterocycles. The summed E-state index contributed by atoms with van der Waals surface area (Å²) in [5.74, 6) is 0. The average Bonchev–Trinajstić information content (AvgIpc) is 2.17. The van der Waals surface area contributed by atoms with Crippen LogP contribution in [0, 0.1) is 0 Å². The van der Waals surface area contributed by atoms with Gasteiger partial charge in [0.1, 0.15) is 6.26 Å². The fraction of sp³-hybridized carbons (Fsp3) is 0. The van der Waals surface area contributed by atoms with Crippen molar-refractivity contribution in [3.63, 3.8) is 0 Å². The second-order valence-electron chi connectivity index (χ2n) is 0.772. The molecule has 0 aliphatic heterocycles.